The summed E-state index contributed by atoms with van der Waals surface area (Å²) in [5.74, 6) is 0.486. The molecule has 0 bridgehead atoms. The number of hydrogen-bond donors (Lipinski definition) is 0. The van der Waals surface area contributed by atoms with Crippen LogP contribution in [-0.4, -0.2) is 17.5 Å². The largest absolute Gasteiger partial charge is 0.478 e. The van der Waals surface area contributed by atoms with Crippen LogP contribution in [0.3, 0.4) is 0 Å². The molecule has 0 N–H and O–H groups in total. The molecule has 110 valence electrons. The van der Waals surface area contributed by atoms with Gasteiger partial charge in [-0.2, -0.15) is 0 Å². The van der Waals surface area contributed by atoms with Gasteiger partial charge in [0.25, 0.3) is 5.91 Å². The Morgan fingerprint density at radius 2 is 2.24 bits per heavy atom. The monoisotopic (exact) mass is 396 g/mol. The molecule has 0 fully saturated rings. The van der Waals surface area contributed by atoms with Crippen molar-refractivity contribution in [3.8, 4) is 5.88 Å². The molecular formula is C16H17IN2O2. The topological polar surface area (TPSA) is 42.4 Å². The number of pyridine rings is 1. The van der Waals surface area contributed by atoms with E-state index in [4.69, 9.17) is 4.74 Å². The average molecular weight is 396 g/mol. The van der Waals surface area contributed by atoms with Crippen molar-refractivity contribution in [3.63, 3.8) is 0 Å². The van der Waals surface area contributed by atoms with Crippen molar-refractivity contribution in [2.75, 3.05) is 9.72 Å². The van der Waals surface area contributed by atoms with E-state index in [1.54, 1.807) is 0 Å². The highest BCUT2D eigenvalue weighted by atomic mass is 127. The number of unbranched alkanes of at least 4 members (excludes halogenated alkanes) is 1. The molecule has 0 radical (unpaired) electrons. The Labute approximate surface area is 138 Å². The maximum absolute atomic E-state index is 11.6. The van der Waals surface area contributed by atoms with Gasteiger partial charge < -0.3 is 4.74 Å². The van der Waals surface area contributed by atoms with E-state index in [9.17, 15) is 4.79 Å². The SMILES string of the molecule is C=CC(=O)N(I)c1ccc2nc(OCCCC)ccc2c1. The summed E-state index contributed by atoms with van der Waals surface area (Å²) in [6, 6.07) is 9.48. The fourth-order valence-corrected chi connectivity index (χ4v) is 2.32. The van der Waals surface area contributed by atoms with E-state index < -0.39 is 0 Å². The Morgan fingerprint density at radius 3 is 2.95 bits per heavy atom. The van der Waals surface area contributed by atoms with Gasteiger partial charge in [0.2, 0.25) is 5.88 Å². The summed E-state index contributed by atoms with van der Waals surface area (Å²) in [5.41, 5.74) is 1.65. The van der Waals surface area contributed by atoms with Crippen LogP contribution >= 0.6 is 22.9 Å². The van der Waals surface area contributed by atoms with Crippen LogP contribution in [0.2, 0.25) is 0 Å². The molecule has 0 aliphatic carbocycles. The molecule has 2 rings (SSSR count). The number of hydrogen-bond acceptors (Lipinski definition) is 3. The van der Waals surface area contributed by atoms with E-state index in [0.717, 1.165) is 29.4 Å². The zero-order chi connectivity index (χ0) is 15.2. The average Bonchev–Trinajstić information content (AvgIpc) is 2.53. The summed E-state index contributed by atoms with van der Waals surface area (Å²) in [5, 5.41) is 0.967. The molecule has 0 atom stereocenters. The summed E-state index contributed by atoms with van der Waals surface area (Å²) in [6.45, 7) is 6.30. The first-order valence-corrected chi connectivity index (χ1v) is 7.78. The Balaban J connectivity index is 2.23. The number of aromatic nitrogens is 1. The highest BCUT2D eigenvalue weighted by molar-refractivity contribution is 14.1. The van der Waals surface area contributed by atoms with Crippen molar-refractivity contribution >= 4 is 45.4 Å². The molecule has 1 aromatic carbocycles. The maximum Gasteiger partial charge on any atom is 0.259 e. The van der Waals surface area contributed by atoms with Gasteiger partial charge in [-0.3, -0.25) is 4.79 Å². The number of carbonyl (C=O) groups is 1. The second kappa shape index (κ2) is 7.40. The van der Waals surface area contributed by atoms with Crippen LogP contribution in [-0.2, 0) is 4.79 Å². The molecule has 0 aliphatic heterocycles. The lowest BCUT2D eigenvalue weighted by atomic mass is 10.2. The number of anilines is 1. The minimum Gasteiger partial charge on any atom is -0.478 e. The molecule has 0 saturated carbocycles. The third-order valence-electron chi connectivity index (χ3n) is 2.99. The van der Waals surface area contributed by atoms with Gasteiger partial charge in [0.05, 0.1) is 40.7 Å². The molecule has 21 heavy (non-hydrogen) atoms. The number of halogens is 1. The van der Waals surface area contributed by atoms with Gasteiger partial charge in [0.1, 0.15) is 0 Å². The van der Waals surface area contributed by atoms with Gasteiger partial charge >= 0.3 is 0 Å². The number of amides is 1. The highest BCUT2D eigenvalue weighted by Gasteiger charge is 2.10. The lowest BCUT2D eigenvalue weighted by Crippen LogP contribution is -2.16. The Morgan fingerprint density at radius 1 is 1.43 bits per heavy atom. The zero-order valence-corrected chi connectivity index (χ0v) is 14.0. The van der Waals surface area contributed by atoms with Gasteiger partial charge in [-0.05, 0) is 36.8 Å². The molecule has 5 heteroatoms. The number of fused-ring (bicyclic) bond motifs is 1. The molecule has 1 heterocycles. The van der Waals surface area contributed by atoms with Crippen LogP contribution in [0.15, 0.2) is 43.0 Å². The second-order valence-corrected chi connectivity index (χ2v) is 5.52. The molecule has 0 saturated heterocycles. The summed E-state index contributed by atoms with van der Waals surface area (Å²) in [6.07, 6.45) is 3.41. The smallest absolute Gasteiger partial charge is 0.259 e. The fraction of sp³-hybridized carbons (Fsp3) is 0.250. The second-order valence-electron chi connectivity index (χ2n) is 4.55. The van der Waals surface area contributed by atoms with Crippen molar-refractivity contribution in [1.82, 2.24) is 4.98 Å². The minimum atomic E-state index is -0.151. The van der Waals surface area contributed by atoms with E-state index in [2.05, 4.69) is 18.5 Å². The van der Waals surface area contributed by atoms with Crippen LogP contribution in [0.5, 0.6) is 5.88 Å². The number of nitrogens with zero attached hydrogens (tertiary/aromatic N) is 2. The van der Waals surface area contributed by atoms with E-state index in [0.29, 0.717) is 12.5 Å². The molecule has 4 nitrogen and oxygen atoms in total. The molecule has 2 aromatic rings. The van der Waals surface area contributed by atoms with Gasteiger partial charge in [-0.25, -0.2) is 8.10 Å². The summed E-state index contributed by atoms with van der Waals surface area (Å²) in [7, 11) is 0. The van der Waals surface area contributed by atoms with Gasteiger partial charge in [-0.15, -0.1) is 0 Å². The third-order valence-corrected chi connectivity index (χ3v) is 4.02. The molecule has 0 spiro atoms. The van der Waals surface area contributed by atoms with Crippen molar-refractivity contribution < 1.29 is 9.53 Å². The molecular weight excluding hydrogens is 379 g/mol. The summed E-state index contributed by atoms with van der Waals surface area (Å²) in [4.78, 5) is 16.1. The molecule has 1 amide bonds. The van der Waals surface area contributed by atoms with Gasteiger partial charge in [-0.1, -0.05) is 19.9 Å². The lowest BCUT2D eigenvalue weighted by Gasteiger charge is -2.13. The van der Waals surface area contributed by atoms with E-state index >= 15 is 0 Å². The first kappa shape index (κ1) is 15.8. The van der Waals surface area contributed by atoms with Crippen molar-refractivity contribution in [1.29, 1.82) is 0 Å². The van der Waals surface area contributed by atoms with E-state index in [-0.39, 0.29) is 5.91 Å². The number of rotatable bonds is 6. The number of carbonyl (C=O) groups excluding carboxylic acids is 1. The van der Waals surface area contributed by atoms with Crippen LogP contribution in [0.25, 0.3) is 10.9 Å². The normalized spacial score (nSPS) is 10.4. The van der Waals surface area contributed by atoms with Crippen LogP contribution in [0, 0.1) is 0 Å². The van der Waals surface area contributed by atoms with Crippen LogP contribution in [0.1, 0.15) is 19.8 Å². The van der Waals surface area contributed by atoms with Crippen molar-refractivity contribution in [3.05, 3.63) is 43.0 Å². The summed E-state index contributed by atoms with van der Waals surface area (Å²) >= 11 is 1.96. The number of benzene rings is 1. The van der Waals surface area contributed by atoms with Crippen LogP contribution < -0.4 is 7.85 Å². The summed E-state index contributed by atoms with van der Waals surface area (Å²) < 4.78 is 7.12. The standard InChI is InChI=1S/C16H17IN2O2/c1-3-5-10-21-15-9-6-12-11-13(7-8-14(12)18-15)19(17)16(20)4-2/h4,6-9,11H,2-3,5,10H2,1H3. The minimum absolute atomic E-state index is 0.151. The fourth-order valence-electron chi connectivity index (χ4n) is 1.83. The Kier molecular flexibility index (Phi) is 5.55. The van der Waals surface area contributed by atoms with Crippen molar-refractivity contribution in [2.45, 2.75) is 19.8 Å². The molecule has 0 aliphatic rings. The van der Waals surface area contributed by atoms with Gasteiger partial charge in [0, 0.05) is 11.5 Å². The zero-order valence-electron chi connectivity index (χ0n) is 11.9. The maximum atomic E-state index is 11.6. The Hall–Kier alpha value is -1.63. The third kappa shape index (κ3) is 3.93. The molecule has 0 unspecified atom stereocenters. The highest BCUT2D eigenvalue weighted by Crippen LogP contribution is 2.25. The van der Waals surface area contributed by atoms with Gasteiger partial charge in [0.15, 0.2) is 0 Å². The van der Waals surface area contributed by atoms with E-state index in [1.807, 2.05) is 53.2 Å². The first-order chi connectivity index (χ1) is 10.2. The van der Waals surface area contributed by atoms with Crippen LogP contribution in [0.4, 0.5) is 5.69 Å². The predicted molar refractivity (Wildman–Crippen MR) is 93.8 cm³/mol. The molecule has 1 aromatic heterocycles. The predicted octanol–water partition coefficient (Wildman–Crippen LogP) is 4.28. The quantitative estimate of drug-likeness (QED) is 0.317. The Bertz CT molecular complexity index is 658. The lowest BCUT2D eigenvalue weighted by molar-refractivity contribution is -0.112. The van der Waals surface area contributed by atoms with E-state index in [1.165, 1.54) is 9.19 Å². The first-order valence-electron chi connectivity index (χ1n) is 6.81. The number of ether oxygens (including phenoxy) is 1. The van der Waals surface area contributed by atoms with Crippen molar-refractivity contribution in [2.24, 2.45) is 0 Å².